The van der Waals surface area contributed by atoms with Crippen molar-refractivity contribution < 1.29 is 14.4 Å². The molecule has 0 radical (unpaired) electrons. The normalized spacial score (nSPS) is 11.5. The van der Waals surface area contributed by atoms with Crippen LogP contribution in [0.25, 0.3) is 0 Å². The third-order valence-electron chi connectivity index (χ3n) is 1.69. The summed E-state index contributed by atoms with van der Waals surface area (Å²) in [6, 6.07) is -1.32. The summed E-state index contributed by atoms with van der Waals surface area (Å²) in [6.45, 7) is 1.65. The quantitative estimate of drug-likeness (QED) is 0.400. The lowest BCUT2D eigenvalue weighted by molar-refractivity contribution is -0.126. The molecule has 1 atom stereocenters. The summed E-state index contributed by atoms with van der Waals surface area (Å²) in [5.41, 5.74) is 9.90. The second kappa shape index (κ2) is 6.63. The molecule has 15 heavy (non-hydrogen) atoms. The van der Waals surface area contributed by atoms with Gasteiger partial charge < -0.3 is 22.1 Å². The van der Waals surface area contributed by atoms with Crippen LogP contribution in [-0.2, 0) is 9.59 Å². The average Bonchev–Trinajstić information content (AvgIpc) is 2.08. The van der Waals surface area contributed by atoms with Gasteiger partial charge >= 0.3 is 6.03 Å². The van der Waals surface area contributed by atoms with Crippen molar-refractivity contribution in [2.75, 3.05) is 6.54 Å². The Balaban J connectivity index is 3.81. The second-order valence-electron chi connectivity index (χ2n) is 3.09. The first-order chi connectivity index (χ1) is 6.93. The number of hydrogen-bond acceptors (Lipinski definition) is 3. The molecular formula is C8H16N4O3. The van der Waals surface area contributed by atoms with E-state index < -0.39 is 18.0 Å². The van der Waals surface area contributed by atoms with E-state index in [1.807, 2.05) is 0 Å². The Labute approximate surface area is 87.6 Å². The first-order valence-electron chi connectivity index (χ1n) is 4.53. The molecule has 0 aliphatic carbocycles. The zero-order valence-electron chi connectivity index (χ0n) is 8.58. The maximum atomic E-state index is 10.9. The molecule has 0 saturated carbocycles. The van der Waals surface area contributed by atoms with Gasteiger partial charge in [0.05, 0.1) is 0 Å². The van der Waals surface area contributed by atoms with E-state index in [0.29, 0.717) is 19.4 Å². The summed E-state index contributed by atoms with van der Waals surface area (Å²) in [6.07, 6.45) is 0.881. The molecule has 0 fully saturated rings. The van der Waals surface area contributed by atoms with Crippen LogP contribution in [-0.4, -0.2) is 30.4 Å². The van der Waals surface area contributed by atoms with E-state index >= 15 is 0 Å². The monoisotopic (exact) mass is 216 g/mol. The van der Waals surface area contributed by atoms with Gasteiger partial charge in [-0.15, -0.1) is 0 Å². The maximum Gasteiger partial charge on any atom is 0.312 e. The predicted molar refractivity (Wildman–Crippen MR) is 53.6 cm³/mol. The van der Waals surface area contributed by atoms with Gasteiger partial charge in [-0.2, -0.15) is 0 Å². The highest BCUT2D eigenvalue weighted by atomic mass is 16.2. The number of hydrogen-bond donors (Lipinski definition) is 4. The zero-order valence-corrected chi connectivity index (χ0v) is 8.58. The van der Waals surface area contributed by atoms with Crippen molar-refractivity contribution in [2.45, 2.75) is 25.8 Å². The first-order valence-corrected chi connectivity index (χ1v) is 4.53. The van der Waals surface area contributed by atoms with Crippen LogP contribution in [0.2, 0.25) is 0 Å². The Morgan fingerprint density at radius 3 is 2.27 bits per heavy atom. The number of amides is 4. The minimum absolute atomic E-state index is 0.318. The van der Waals surface area contributed by atoms with Gasteiger partial charge in [-0.25, -0.2) is 4.79 Å². The lowest BCUT2D eigenvalue weighted by Crippen LogP contribution is -2.44. The molecule has 0 heterocycles. The zero-order chi connectivity index (χ0) is 11.8. The van der Waals surface area contributed by atoms with Crippen LogP contribution in [0.4, 0.5) is 4.79 Å². The molecule has 0 aliphatic heterocycles. The number of rotatable bonds is 6. The number of carbonyl (C=O) groups excluding carboxylic acids is 3. The third kappa shape index (κ3) is 7.29. The van der Waals surface area contributed by atoms with E-state index in [1.165, 1.54) is 6.92 Å². The minimum Gasteiger partial charge on any atom is -0.368 e. The topological polar surface area (TPSA) is 127 Å². The molecule has 0 unspecified atom stereocenters. The molecule has 86 valence electrons. The van der Waals surface area contributed by atoms with Gasteiger partial charge in [0.1, 0.15) is 6.04 Å². The molecule has 0 bridgehead atoms. The Bertz CT molecular complexity index is 254. The van der Waals surface area contributed by atoms with E-state index in [0.717, 1.165) is 0 Å². The third-order valence-corrected chi connectivity index (χ3v) is 1.69. The molecule has 0 aromatic heterocycles. The van der Waals surface area contributed by atoms with Gasteiger partial charge in [0, 0.05) is 13.5 Å². The minimum atomic E-state index is -0.697. The first kappa shape index (κ1) is 13.2. The van der Waals surface area contributed by atoms with E-state index in [-0.39, 0.29) is 5.91 Å². The van der Waals surface area contributed by atoms with Gasteiger partial charge in [-0.05, 0) is 12.8 Å². The number of nitrogens with two attached hydrogens (primary N) is 2. The summed E-state index contributed by atoms with van der Waals surface area (Å²) in [4.78, 5) is 31.9. The van der Waals surface area contributed by atoms with Crippen LogP contribution in [0.1, 0.15) is 19.8 Å². The van der Waals surface area contributed by atoms with Crippen molar-refractivity contribution in [1.29, 1.82) is 0 Å². The molecular weight excluding hydrogens is 200 g/mol. The maximum absolute atomic E-state index is 10.9. The predicted octanol–water partition coefficient (Wildman–Crippen LogP) is -1.58. The van der Waals surface area contributed by atoms with Gasteiger partial charge in [0.25, 0.3) is 0 Å². The lowest BCUT2D eigenvalue weighted by atomic mass is 10.1. The fourth-order valence-electron chi connectivity index (χ4n) is 1.05. The summed E-state index contributed by atoms with van der Waals surface area (Å²) in [7, 11) is 0. The highest BCUT2D eigenvalue weighted by Gasteiger charge is 2.15. The summed E-state index contributed by atoms with van der Waals surface area (Å²) >= 11 is 0. The van der Waals surface area contributed by atoms with Crippen LogP contribution >= 0.6 is 0 Å². The molecule has 6 N–H and O–H groups in total. The van der Waals surface area contributed by atoms with Crippen molar-refractivity contribution in [1.82, 2.24) is 10.6 Å². The fourth-order valence-corrected chi connectivity index (χ4v) is 1.05. The summed E-state index contributed by atoms with van der Waals surface area (Å²) < 4.78 is 0. The van der Waals surface area contributed by atoms with Gasteiger partial charge in [-0.3, -0.25) is 9.59 Å². The largest absolute Gasteiger partial charge is 0.368 e. The van der Waals surface area contributed by atoms with E-state index in [9.17, 15) is 14.4 Å². The smallest absolute Gasteiger partial charge is 0.312 e. The standard InChI is InChI=1S/C8H16N4O3/c1-5(13)12-6(7(9)14)3-2-4-11-8(10)15/h6H,2-4H2,1H3,(H2,9,14)(H,12,13)(H3,10,11,15)/t6-/m0/s1. The van der Waals surface area contributed by atoms with Crippen LogP contribution in [0.15, 0.2) is 0 Å². The van der Waals surface area contributed by atoms with Gasteiger partial charge in [0.15, 0.2) is 0 Å². The molecule has 4 amide bonds. The Morgan fingerprint density at radius 2 is 1.87 bits per heavy atom. The SMILES string of the molecule is CC(=O)N[C@@H](CCCNC(N)=O)C(N)=O. The molecule has 0 spiro atoms. The Kier molecular flexibility index (Phi) is 5.84. The fraction of sp³-hybridized carbons (Fsp3) is 0.625. The van der Waals surface area contributed by atoms with Crippen LogP contribution < -0.4 is 22.1 Å². The Hall–Kier alpha value is -1.79. The molecule has 7 heteroatoms. The number of urea groups is 1. The van der Waals surface area contributed by atoms with Crippen LogP contribution in [0.5, 0.6) is 0 Å². The summed E-state index contributed by atoms with van der Waals surface area (Å²) in [5, 5.41) is 4.78. The van der Waals surface area contributed by atoms with Crippen molar-refractivity contribution in [3.63, 3.8) is 0 Å². The van der Waals surface area contributed by atoms with Crippen molar-refractivity contribution in [2.24, 2.45) is 11.5 Å². The number of carbonyl (C=O) groups is 3. The molecule has 0 aliphatic rings. The molecule has 0 aromatic carbocycles. The lowest BCUT2D eigenvalue weighted by Gasteiger charge is -2.13. The van der Waals surface area contributed by atoms with E-state index in [4.69, 9.17) is 11.5 Å². The highest BCUT2D eigenvalue weighted by molar-refractivity contribution is 5.85. The molecule has 0 rings (SSSR count). The van der Waals surface area contributed by atoms with Crippen LogP contribution in [0, 0.1) is 0 Å². The van der Waals surface area contributed by atoms with Gasteiger partial charge in [-0.1, -0.05) is 0 Å². The number of nitrogens with one attached hydrogen (secondary N) is 2. The number of primary amides is 2. The Morgan fingerprint density at radius 1 is 1.27 bits per heavy atom. The molecule has 0 saturated heterocycles. The highest BCUT2D eigenvalue weighted by Crippen LogP contribution is 1.95. The van der Waals surface area contributed by atoms with E-state index in [1.54, 1.807) is 0 Å². The summed E-state index contributed by atoms with van der Waals surface area (Å²) in [5.74, 6) is -0.911. The van der Waals surface area contributed by atoms with Crippen molar-refractivity contribution in [3.05, 3.63) is 0 Å². The average molecular weight is 216 g/mol. The second-order valence-corrected chi connectivity index (χ2v) is 3.09. The van der Waals surface area contributed by atoms with Gasteiger partial charge in [0.2, 0.25) is 11.8 Å². The van der Waals surface area contributed by atoms with Crippen LogP contribution in [0.3, 0.4) is 0 Å². The molecule has 0 aromatic rings. The molecule has 7 nitrogen and oxygen atoms in total. The van der Waals surface area contributed by atoms with Crippen molar-refractivity contribution >= 4 is 17.8 Å². The van der Waals surface area contributed by atoms with E-state index in [2.05, 4.69) is 10.6 Å². The van der Waals surface area contributed by atoms with Crippen molar-refractivity contribution in [3.8, 4) is 0 Å².